The van der Waals surface area contributed by atoms with Crippen molar-refractivity contribution in [1.29, 1.82) is 5.26 Å². The largest absolute Gasteiger partial charge is 0.457 e. The molecule has 236 valence electrons. The van der Waals surface area contributed by atoms with Gasteiger partial charge in [0.15, 0.2) is 5.15 Å². The fourth-order valence-corrected chi connectivity index (χ4v) is 7.10. The maximum atomic E-state index is 12.6. The summed E-state index contributed by atoms with van der Waals surface area (Å²) in [4.78, 5) is 16.5. The van der Waals surface area contributed by atoms with Crippen LogP contribution in [0.15, 0.2) is 60.7 Å². The number of hydrogen-bond donors (Lipinski definition) is 0. The Morgan fingerprint density at radius 2 is 1.55 bits per heavy atom. The molecule has 1 unspecified atom stereocenters. The van der Waals surface area contributed by atoms with Crippen molar-refractivity contribution < 1.29 is 27.8 Å². The van der Waals surface area contributed by atoms with Gasteiger partial charge in [0.25, 0.3) is 0 Å². The van der Waals surface area contributed by atoms with Crippen LogP contribution in [-0.4, -0.2) is 24.2 Å². The van der Waals surface area contributed by atoms with E-state index in [1.165, 1.54) is 6.07 Å². The van der Waals surface area contributed by atoms with Gasteiger partial charge in [-0.05, 0) is 55.0 Å². The molecule has 13 heteroatoms. The molecule has 1 saturated carbocycles. The highest BCUT2D eigenvalue weighted by atomic mass is 35.5. The first-order valence-electron chi connectivity index (χ1n) is 13.7. The predicted octanol–water partition coefficient (Wildman–Crippen LogP) is 9.99. The van der Waals surface area contributed by atoms with Gasteiger partial charge >= 0.3 is 12.7 Å². The lowest BCUT2D eigenvalue weighted by Crippen LogP contribution is -2.15. The molecule has 2 aromatic carbocycles. The molecule has 8 nitrogen and oxygen atoms in total. The molecule has 3 aromatic rings. The highest BCUT2D eigenvalue weighted by Crippen LogP contribution is 2.68. The van der Waals surface area contributed by atoms with Crippen molar-refractivity contribution in [2.75, 3.05) is 13.2 Å². The second kappa shape index (κ2) is 15.2. The van der Waals surface area contributed by atoms with Crippen molar-refractivity contribution in [2.24, 2.45) is 16.7 Å². The number of aromatic nitrogens is 1. The summed E-state index contributed by atoms with van der Waals surface area (Å²) in [5, 5.41) is 10.0. The number of carbonyl (C=O) groups excluding carboxylic acids is 1. The second-order valence-electron chi connectivity index (χ2n) is 10.7. The molecule has 0 N–H and O–H groups in total. The van der Waals surface area contributed by atoms with E-state index < -0.39 is 12.8 Å². The Kier molecular flexibility index (Phi) is 12.5. The first-order valence-corrected chi connectivity index (χ1v) is 17.4. The average molecular weight is 700 g/mol. The third kappa shape index (κ3) is 8.86. The molecule has 1 atom stereocenters. The van der Waals surface area contributed by atoms with Gasteiger partial charge in [0, 0.05) is 17.4 Å². The summed E-state index contributed by atoms with van der Waals surface area (Å²) in [5.41, 5.74) is 0.357. The van der Waals surface area contributed by atoms with Crippen molar-refractivity contribution in [3.05, 3.63) is 81.4 Å². The van der Waals surface area contributed by atoms with Crippen LogP contribution in [0.5, 0.6) is 17.4 Å². The summed E-state index contributed by atoms with van der Waals surface area (Å²) in [6, 6.07) is 20.0. The van der Waals surface area contributed by atoms with E-state index in [2.05, 4.69) is 38.7 Å². The summed E-state index contributed by atoms with van der Waals surface area (Å²) < 4.78 is 27.4. The third-order valence-electron chi connectivity index (χ3n) is 7.37. The molecule has 0 spiro atoms. The number of pyridine rings is 1. The van der Waals surface area contributed by atoms with E-state index in [1.54, 1.807) is 38.1 Å². The van der Waals surface area contributed by atoms with Crippen LogP contribution in [-0.2, 0) is 30.4 Å². The molecule has 1 aliphatic carbocycles. The van der Waals surface area contributed by atoms with Gasteiger partial charge in [-0.1, -0.05) is 92.8 Å². The molecule has 1 aromatic heterocycles. The minimum Gasteiger partial charge on any atom is -0.457 e. The Morgan fingerprint density at radius 1 is 0.955 bits per heavy atom. The molecule has 0 saturated heterocycles. The number of nitriles is 1. The van der Waals surface area contributed by atoms with Crippen molar-refractivity contribution in [2.45, 2.75) is 47.6 Å². The number of rotatable bonds is 11. The fraction of sp³-hybridized carbons (Fsp3) is 0.387. The summed E-state index contributed by atoms with van der Waals surface area (Å²) in [6.45, 7) is 9.57. The molecule has 1 heterocycles. The molecule has 0 amide bonds. The summed E-state index contributed by atoms with van der Waals surface area (Å²) in [7, 11) is 0. The van der Waals surface area contributed by atoms with Crippen molar-refractivity contribution in [1.82, 2.24) is 4.98 Å². The molecule has 4 rings (SSSR count). The Bertz CT molecular complexity index is 1530. The Hall–Kier alpha value is -2.41. The molecular weight excluding hydrogens is 666 g/mol. The van der Waals surface area contributed by atoms with E-state index in [4.69, 9.17) is 69.7 Å². The van der Waals surface area contributed by atoms with Crippen LogP contribution in [0.1, 0.15) is 53.2 Å². The second-order valence-corrected chi connectivity index (χ2v) is 14.8. The predicted molar refractivity (Wildman–Crippen MR) is 176 cm³/mol. The average Bonchev–Trinajstić information content (AvgIpc) is 3.39. The zero-order valence-electron chi connectivity index (χ0n) is 25.2. The number of esters is 1. The Morgan fingerprint density at radius 3 is 2.09 bits per heavy atom. The summed E-state index contributed by atoms with van der Waals surface area (Å²) in [6.07, 6.45) is -0.950. The molecular formula is C31H34Cl3N2O6PS. The summed E-state index contributed by atoms with van der Waals surface area (Å²) >= 11 is 22.7. The fourth-order valence-electron chi connectivity index (χ4n) is 4.51. The van der Waals surface area contributed by atoms with E-state index in [9.17, 15) is 10.1 Å². The van der Waals surface area contributed by atoms with Crippen molar-refractivity contribution in [3.8, 4) is 23.4 Å². The number of carbonyl (C=O) groups is 1. The maximum absolute atomic E-state index is 12.6. The quantitative estimate of drug-likeness (QED) is 0.110. The van der Waals surface area contributed by atoms with E-state index >= 15 is 0 Å². The van der Waals surface area contributed by atoms with Crippen LogP contribution < -0.4 is 9.26 Å². The van der Waals surface area contributed by atoms with E-state index in [0.717, 1.165) is 0 Å². The van der Waals surface area contributed by atoms with Gasteiger partial charge in [-0.3, -0.25) is 13.8 Å². The van der Waals surface area contributed by atoms with Gasteiger partial charge < -0.3 is 14.0 Å². The monoisotopic (exact) mass is 698 g/mol. The third-order valence-corrected chi connectivity index (χ3v) is 10.7. The lowest BCUT2D eigenvalue weighted by Gasteiger charge is -2.20. The first-order chi connectivity index (χ1) is 20.7. The zero-order valence-corrected chi connectivity index (χ0v) is 29.2. The topological polar surface area (TPSA) is 99.9 Å². The van der Waals surface area contributed by atoms with Gasteiger partial charge in [-0.25, -0.2) is 0 Å². The van der Waals surface area contributed by atoms with Gasteiger partial charge in [-0.2, -0.15) is 10.2 Å². The van der Waals surface area contributed by atoms with Crippen molar-refractivity contribution in [3.63, 3.8) is 0 Å². The lowest BCUT2D eigenvalue weighted by atomic mass is 10.0. The number of hydrogen-bond acceptors (Lipinski definition) is 9. The number of benzene rings is 2. The van der Waals surface area contributed by atoms with Gasteiger partial charge in [0.2, 0.25) is 12.0 Å². The Labute approximate surface area is 278 Å². The van der Waals surface area contributed by atoms with Crippen LogP contribution in [0.2, 0.25) is 15.2 Å². The molecule has 0 aliphatic heterocycles. The number of para-hydroxylation sites is 1. The van der Waals surface area contributed by atoms with E-state index in [1.807, 2.05) is 30.3 Å². The van der Waals surface area contributed by atoms with Gasteiger partial charge in [0.1, 0.15) is 22.6 Å². The number of nitrogens with zero attached hydrogens (tertiary/aromatic N) is 2. The van der Waals surface area contributed by atoms with Gasteiger partial charge in [0.05, 0.1) is 24.2 Å². The van der Waals surface area contributed by atoms with Crippen LogP contribution >= 0.6 is 41.5 Å². The minimum absolute atomic E-state index is 0.0521. The summed E-state index contributed by atoms with van der Waals surface area (Å²) in [5.74, 6) is 0.834. The SMILES string of the molecule is CC1(C)C(C(=O)OC(C#N)c2cccc(Oc3ccccc3)c2)C1(C)C.CCOP(=S)(OCC)Oc1nc(Cl)c(Cl)cc1Cl. The van der Waals surface area contributed by atoms with Gasteiger partial charge in [-0.15, -0.1) is 0 Å². The number of halogens is 3. The normalized spacial score (nSPS) is 15.6. The zero-order chi connectivity index (χ0) is 32.7. The maximum Gasteiger partial charge on any atom is 0.381 e. The standard InChI is InChI=1S/C22H23NO3.C9H11Cl3NO3PS/c1-21(2)19(22(21,3)4)20(24)26-18(14-23)15-9-8-12-17(13-15)25-16-10-6-5-7-11-16;1-3-14-17(18,15-4-2)16-9-7(11)5-6(10)8(12)13-9/h5-13,18-19H,1-4H3;5H,3-4H2,1-2H3. The van der Waals surface area contributed by atoms with Crippen LogP contribution in [0.3, 0.4) is 0 Å². The first kappa shape index (κ1) is 36.1. The molecule has 1 fully saturated rings. The highest BCUT2D eigenvalue weighted by Gasteiger charge is 2.69. The smallest absolute Gasteiger partial charge is 0.381 e. The minimum atomic E-state index is -2.92. The molecule has 1 aliphatic rings. The number of ether oxygens (including phenoxy) is 2. The van der Waals surface area contributed by atoms with Crippen LogP contribution in [0.25, 0.3) is 0 Å². The Balaban J connectivity index is 0.000000259. The molecule has 0 radical (unpaired) electrons. The highest BCUT2D eigenvalue weighted by molar-refractivity contribution is 8.07. The van der Waals surface area contributed by atoms with Crippen LogP contribution in [0.4, 0.5) is 0 Å². The van der Waals surface area contributed by atoms with E-state index in [0.29, 0.717) is 30.3 Å². The van der Waals surface area contributed by atoms with Crippen molar-refractivity contribution >= 4 is 59.3 Å². The van der Waals surface area contributed by atoms with Crippen LogP contribution in [0, 0.1) is 28.1 Å². The molecule has 44 heavy (non-hydrogen) atoms. The van der Waals surface area contributed by atoms with E-state index in [-0.39, 0.29) is 43.8 Å². The molecule has 0 bridgehead atoms. The lowest BCUT2D eigenvalue weighted by molar-refractivity contribution is -0.150.